The molecule has 4 heteroatoms. The van der Waals surface area contributed by atoms with Crippen molar-refractivity contribution in [2.75, 3.05) is 6.54 Å². The van der Waals surface area contributed by atoms with E-state index in [2.05, 4.69) is 25.8 Å². The Morgan fingerprint density at radius 3 is 2.21 bits per heavy atom. The highest BCUT2D eigenvalue weighted by Crippen LogP contribution is 2.29. The van der Waals surface area contributed by atoms with Crippen LogP contribution in [0.2, 0.25) is 0 Å². The minimum absolute atomic E-state index is 0.153. The van der Waals surface area contributed by atoms with E-state index in [1.54, 1.807) is 12.2 Å². The minimum Gasteiger partial charge on any atom is -0.207 e. The Balaban J connectivity index is 3.58. The Morgan fingerprint density at radius 1 is 1.25 bits per heavy atom. The molecule has 1 rings (SSSR count). The molecule has 0 aromatic heterocycles. The van der Waals surface area contributed by atoms with Crippen molar-refractivity contribution in [3.05, 3.63) is 59.9 Å². The van der Waals surface area contributed by atoms with Gasteiger partial charge in [-0.05, 0) is 43.9 Å². The SMILES string of the molecule is C=C=C[C@H]([C@@H](C)CC)N(CC=C)S(=O)(=O)c1c(C)cc(C)cc1C. The first-order valence-corrected chi connectivity index (χ1v) is 9.71. The Kier molecular flexibility index (Phi) is 7.22. The van der Waals surface area contributed by atoms with Crippen molar-refractivity contribution in [2.45, 2.75) is 52.0 Å². The van der Waals surface area contributed by atoms with Crippen LogP contribution in [0.4, 0.5) is 0 Å². The molecule has 2 atom stereocenters. The summed E-state index contributed by atoms with van der Waals surface area (Å²) < 4.78 is 28.4. The molecule has 0 unspecified atom stereocenters. The van der Waals surface area contributed by atoms with Crippen molar-refractivity contribution in [3.63, 3.8) is 0 Å². The molecule has 0 saturated carbocycles. The van der Waals surface area contributed by atoms with Gasteiger partial charge in [0, 0.05) is 6.54 Å². The predicted molar refractivity (Wildman–Crippen MR) is 102 cm³/mol. The molecule has 0 aliphatic carbocycles. The van der Waals surface area contributed by atoms with Gasteiger partial charge in [-0.25, -0.2) is 8.42 Å². The third-order valence-electron chi connectivity index (χ3n) is 4.33. The lowest BCUT2D eigenvalue weighted by molar-refractivity contribution is 0.304. The summed E-state index contributed by atoms with van der Waals surface area (Å²) in [5.74, 6) is 0.153. The summed E-state index contributed by atoms with van der Waals surface area (Å²) >= 11 is 0. The van der Waals surface area contributed by atoms with E-state index < -0.39 is 10.0 Å². The van der Waals surface area contributed by atoms with Gasteiger partial charge in [-0.15, -0.1) is 12.3 Å². The second kappa shape index (κ2) is 8.48. The fourth-order valence-corrected chi connectivity index (χ4v) is 5.15. The number of sulfonamides is 1. The molecule has 24 heavy (non-hydrogen) atoms. The average molecular weight is 348 g/mol. The van der Waals surface area contributed by atoms with Gasteiger partial charge in [-0.1, -0.05) is 50.6 Å². The number of nitrogens with zero attached hydrogens (tertiary/aromatic N) is 1. The lowest BCUT2D eigenvalue weighted by atomic mass is 9.99. The van der Waals surface area contributed by atoms with Crippen molar-refractivity contribution < 1.29 is 8.42 Å². The standard InChI is InChI=1S/C20H29NO2S/c1-8-11-19(16(5)10-3)21(12-9-2)24(22,23)20-17(6)13-15(4)14-18(20)7/h9,11,13-14,16,19H,1-2,10,12H2,3-7H3/t16-,19+/m0/s1. The summed E-state index contributed by atoms with van der Waals surface area (Å²) in [5.41, 5.74) is 5.37. The third-order valence-corrected chi connectivity index (χ3v) is 6.50. The Hall–Kier alpha value is -1.61. The van der Waals surface area contributed by atoms with Crippen LogP contribution in [0.1, 0.15) is 37.0 Å². The zero-order valence-electron chi connectivity index (χ0n) is 15.5. The molecule has 1 aromatic carbocycles. The number of benzene rings is 1. The van der Waals surface area contributed by atoms with Crippen LogP contribution in [0, 0.1) is 26.7 Å². The van der Waals surface area contributed by atoms with E-state index in [1.165, 1.54) is 4.31 Å². The van der Waals surface area contributed by atoms with E-state index in [9.17, 15) is 8.42 Å². The Labute approximate surface area is 147 Å². The van der Waals surface area contributed by atoms with Crippen LogP contribution in [0.5, 0.6) is 0 Å². The molecule has 0 radical (unpaired) electrons. The van der Waals surface area contributed by atoms with Crippen molar-refractivity contribution in [2.24, 2.45) is 5.92 Å². The number of hydrogen-bond donors (Lipinski definition) is 0. The molecule has 3 nitrogen and oxygen atoms in total. The van der Waals surface area contributed by atoms with Crippen molar-refractivity contribution in [1.29, 1.82) is 0 Å². The monoisotopic (exact) mass is 347 g/mol. The zero-order valence-corrected chi connectivity index (χ0v) is 16.3. The maximum atomic E-state index is 13.4. The maximum absolute atomic E-state index is 13.4. The van der Waals surface area contributed by atoms with E-state index in [0.717, 1.165) is 23.1 Å². The molecule has 0 N–H and O–H groups in total. The largest absolute Gasteiger partial charge is 0.244 e. The van der Waals surface area contributed by atoms with Gasteiger partial charge in [0.15, 0.2) is 0 Å². The van der Waals surface area contributed by atoms with Gasteiger partial charge in [0.05, 0.1) is 10.9 Å². The second-order valence-electron chi connectivity index (χ2n) is 6.34. The van der Waals surface area contributed by atoms with Crippen LogP contribution in [0.3, 0.4) is 0 Å². The molecule has 0 aliphatic heterocycles. The summed E-state index contributed by atoms with van der Waals surface area (Å²) in [5, 5.41) is 0. The van der Waals surface area contributed by atoms with Gasteiger partial charge in [0.1, 0.15) is 0 Å². The van der Waals surface area contributed by atoms with E-state index >= 15 is 0 Å². The van der Waals surface area contributed by atoms with Gasteiger partial charge in [0.2, 0.25) is 10.0 Å². The van der Waals surface area contributed by atoms with E-state index in [4.69, 9.17) is 0 Å². The van der Waals surface area contributed by atoms with Crippen molar-refractivity contribution in [1.82, 2.24) is 4.31 Å². The van der Waals surface area contributed by atoms with E-state index in [-0.39, 0.29) is 18.5 Å². The maximum Gasteiger partial charge on any atom is 0.244 e. The second-order valence-corrected chi connectivity index (χ2v) is 8.17. The molecule has 0 bridgehead atoms. The van der Waals surface area contributed by atoms with Crippen LogP contribution in [-0.2, 0) is 10.0 Å². The van der Waals surface area contributed by atoms with E-state index in [1.807, 2.05) is 39.8 Å². The number of rotatable bonds is 8. The van der Waals surface area contributed by atoms with Crippen LogP contribution >= 0.6 is 0 Å². The molecule has 0 saturated heterocycles. The van der Waals surface area contributed by atoms with Crippen LogP contribution in [0.25, 0.3) is 0 Å². The molecule has 0 amide bonds. The molecule has 0 spiro atoms. The van der Waals surface area contributed by atoms with Gasteiger partial charge in [0.25, 0.3) is 0 Å². The topological polar surface area (TPSA) is 37.4 Å². The Morgan fingerprint density at radius 2 is 1.79 bits per heavy atom. The first kappa shape index (κ1) is 20.4. The molecular formula is C20H29NO2S. The quantitative estimate of drug-likeness (QED) is 0.511. The summed E-state index contributed by atoms with van der Waals surface area (Å²) in [6.07, 6.45) is 4.23. The molecular weight excluding hydrogens is 318 g/mol. The lowest BCUT2D eigenvalue weighted by Gasteiger charge is -2.32. The van der Waals surface area contributed by atoms with E-state index in [0.29, 0.717) is 4.90 Å². The Bertz CT molecular complexity index is 720. The molecule has 0 aliphatic rings. The first-order valence-electron chi connectivity index (χ1n) is 8.27. The van der Waals surface area contributed by atoms with Gasteiger partial charge in [-0.3, -0.25) is 0 Å². The van der Waals surface area contributed by atoms with Gasteiger partial charge >= 0.3 is 0 Å². The van der Waals surface area contributed by atoms with Gasteiger partial charge in [-0.2, -0.15) is 4.31 Å². The highest BCUT2D eigenvalue weighted by molar-refractivity contribution is 7.89. The minimum atomic E-state index is -3.65. The van der Waals surface area contributed by atoms with Gasteiger partial charge < -0.3 is 0 Å². The molecule has 0 heterocycles. The van der Waals surface area contributed by atoms with Crippen LogP contribution < -0.4 is 0 Å². The molecule has 1 aromatic rings. The molecule has 132 valence electrons. The first-order chi connectivity index (χ1) is 11.2. The van der Waals surface area contributed by atoms with Crippen LogP contribution in [0.15, 0.2) is 48.1 Å². The summed E-state index contributed by atoms with van der Waals surface area (Å²) in [4.78, 5) is 0.390. The highest BCUT2D eigenvalue weighted by Gasteiger charge is 2.33. The molecule has 0 fully saturated rings. The van der Waals surface area contributed by atoms with Crippen molar-refractivity contribution >= 4 is 10.0 Å². The predicted octanol–water partition coefficient (Wildman–Crippen LogP) is 4.54. The number of hydrogen-bond acceptors (Lipinski definition) is 2. The summed E-state index contributed by atoms with van der Waals surface area (Å²) in [6.45, 7) is 17.4. The average Bonchev–Trinajstić information content (AvgIpc) is 2.48. The normalized spacial score (nSPS) is 14.1. The smallest absolute Gasteiger partial charge is 0.207 e. The summed E-state index contributed by atoms with van der Waals surface area (Å²) in [7, 11) is -3.65. The van der Waals surface area contributed by atoms with Crippen LogP contribution in [-0.4, -0.2) is 25.3 Å². The highest BCUT2D eigenvalue weighted by atomic mass is 32.2. The fourth-order valence-electron chi connectivity index (χ4n) is 3.09. The fraction of sp³-hybridized carbons (Fsp3) is 0.450. The van der Waals surface area contributed by atoms with Crippen molar-refractivity contribution in [3.8, 4) is 0 Å². The summed E-state index contributed by atoms with van der Waals surface area (Å²) in [6, 6.07) is 3.52. The number of aryl methyl sites for hydroxylation is 3. The third kappa shape index (κ3) is 4.27. The zero-order chi connectivity index (χ0) is 18.5. The lowest BCUT2D eigenvalue weighted by Crippen LogP contribution is -2.43.